The summed E-state index contributed by atoms with van der Waals surface area (Å²) in [6, 6.07) is 26.7. The molecule has 0 bridgehead atoms. The molecule has 5 rings (SSSR count). The number of aromatic carboxylic acids is 1. The van der Waals surface area contributed by atoms with Gasteiger partial charge in [0.25, 0.3) is 0 Å². The van der Waals surface area contributed by atoms with E-state index in [1.165, 1.54) is 21.9 Å². The summed E-state index contributed by atoms with van der Waals surface area (Å²) in [5.41, 5.74) is 5.09. The Morgan fingerprint density at radius 2 is 1.54 bits per heavy atom. The van der Waals surface area contributed by atoms with Crippen molar-refractivity contribution in [1.82, 2.24) is 4.90 Å². The monoisotopic (exact) mass is 503 g/mol. The van der Waals surface area contributed by atoms with Crippen molar-refractivity contribution < 1.29 is 9.90 Å². The van der Waals surface area contributed by atoms with Crippen LogP contribution in [-0.4, -0.2) is 22.5 Å². The minimum absolute atomic E-state index is 0.108. The lowest BCUT2D eigenvalue weighted by Gasteiger charge is -2.31. The highest BCUT2D eigenvalue weighted by Crippen LogP contribution is 2.46. The van der Waals surface area contributed by atoms with Gasteiger partial charge in [0.2, 0.25) is 0 Å². The zero-order chi connectivity index (χ0) is 24.7. The van der Waals surface area contributed by atoms with Gasteiger partial charge in [-0.3, -0.25) is 4.90 Å². The van der Waals surface area contributed by atoms with Crippen molar-refractivity contribution in [2.75, 3.05) is 6.54 Å². The number of benzene rings is 4. The van der Waals surface area contributed by atoms with Crippen LogP contribution < -0.4 is 0 Å². The molecule has 1 aliphatic heterocycles. The van der Waals surface area contributed by atoms with Crippen LogP contribution >= 0.6 is 23.2 Å². The number of fused-ring (bicyclic) bond motifs is 1. The van der Waals surface area contributed by atoms with Gasteiger partial charge < -0.3 is 5.11 Å². The Kier molecular flexibility index (Phi) is 6.59. The molecular formula is C30H27Cl2NO2. The normalized spacial score (nSPS) is 19.2. The molecule has 0 spiro atoms. The summed E-state index contributed by atoms with van der Waals surface area (Å²) in [4.78, 5) is 13.8. The van der Waals surface area contributed by atoms with Crippen LogP contribution in [0.2, 0.25) is 10.0 Å². The van der Waals surface area contributed by atoms with E-state index in [-0.39, 0.29) is 18.0 Å². The summed E-state index contributed by atoms with van der Waals surface area (Å²) in [6.45, 7) is 5.17. The average Bonchev–Trinajstić information content (AvgIpc) is 3.28. The third-order valence-corrected chi connectivity index (χ3v) is 7.67. The van der Waals surface area contributed by atoms with E-state index in [0.717, 1.165) is 24.1 Å². The molecule has 1 unspecified atom stereocenters. The molecule has 1 saturated heterocycles. The number of likely N-dealkylation sites (tertiary alicyclic amines) is 1. The lowest BCUT2D eigenvalue weighted by Crippen LogP contribution is -2.27. The highest BCUT2D eigenvalue weighted by Gasteiger charge is 2.37. The van der Waals surface area contributed by atoms with Crippen LogP contribution in [0, 0.1) is 6.92 Å². The maximum Gasteiger partial charge on any atom is 0.335 e. The summed E-state index contributed by atoms with van der Waals surface area (Å²) >= 11 is 12.7. The molecule has 3 atom stereocenters. The van der Waals surface area contributed by atoms with Crippen molar-refractivity contribution in [2.24, 2.45) is 0 Å². The number of aryl methyl sites for hydroxylation is 1. The molecule has 4 aromatic rings. The number of rotatable bonds is 5. The van der Waals surface area contributed by atoms with Crippen LogP contribution in [0.1, 0.15) is 64.0 Å². The zero-order valence-corrected chi connectivity index (χ0v) is 21.2. The molecule has 1 N–H and O–H groups in total. The number of carboxylic acid groups (broad SMARTS) is 1. The van der Waals surface area contributed by atoms with E-state index in [4.69, 9.17) is 23.2 Å². The van der Waals surface area contributed by atoms with Crippen molar-refractivity contribution in [1.29, 1.82) is 0 Å². The molecule has 3 nitrogen and oxygen atoms in total. The highest BCUT2D eigenvalue weighted by molar-refractivity contribution is 6.34. The van der Waals surface area contributed by atoms with E-state index >= 15 is 0 Å². The Bertz CT molecular complexity index is 1380. The molecule has 35 heavy (non-hydrogen) atoms. The van der Waals surface area contributed by atoms with Crippen molar-refractivity contribution in [3.05, 3.63) is 117 Å². The van der Waals surface area contributed by atoms with Crippen LogP contribution in [0.15, 0.2) is 78.9 Å². The fourth-order valence-corrected chi connectivity index (χ4v) is 5.90. The predicted octanol–water partition coefficient (Wildman–Crippen LogP) is 8.45. The van der Waals surface area contributed by atoms with E-state index < -0.39 is 5.97 Å². The first-order chi connectivity index (χ1) is 16.8. The van der Waals surface area contributed by atoms with Crippen LogP contribution in [0.25, 0.3) is 10.8 Å². The first-order valence-corrected chi connectivity index (χ1v) is 12.6. The van der Waals surface area contributed by atoms with Crippen LogP contribution in [-0.2, 0) is 0 Å². The molecule has 1 aliphatic rings. The molecule has 0 aromatic heterocycles. The molecule has 0 saturated carbocycles. The molecule has 0 radical (unpaired) electrons. The van der Waals surface area contributed by atoms with Crippen molar-refractivity contribution in [2.45, 2.75) is 38.3 Å². The zero-order valence-electron chi connectivity index (χ0n) is 19.7. The summed E-state index contributed by atoms with van der Waals surface area (Å²) in [5, 5.41) is 13.1. The van der Waals surface area contributed by atoms with Gasteiger partial charge in [0.1, 0.15) is 0 Å². The van der Waals surface area contributed by atoms with Gasteiger partial charge in [-0.1, -0.05) is 71.2 Å². The second-order valence-electron chi connectivity index (χ2n) is 9.56. The number of hydrogen-bond donors (Lipinski definition) is 1. The number of carbonyl (C=O) groups is 1. The largest absolute Gasteiger partial charge is 0.478 e. The highest BCUT2D eigenvalue weighted by atomic mass is 35.5. The number of hydrogen-bond acceptors (Lipinski definition) is 2. The van der Waals surface area contributed by atoms with Crippen LogP contribution in [0.4, 0.5) is 0 Å². The minimum Gasteiger partial charge on any atom is -0.478 e. The average molecular weight is 504 g/mol. The second kappa shape index (κ2) is 9.66. The summed E-state index contributed by atoms with van der Waals surface area (Å²) in [6.07, 6.45) is 0.950. The SMILES string of the molecule is Cc1ccc2cc([C@H]3C[C@@H](c4cc(Cl)cc(Cl)c4)CN3C(C)c3ccc(C(=O)O)cc3)ccc2c1. The molecule has 4 aromatic carbocycles. The predicted molar refractivity (Wildman–Crippen MR) is 144 cm³/mol. The third kappa shape index (κ3) is 4.95. The lowest BCUT2D eigenvalue weighted by molar-refractivity contribution is 0.0697. The van der Waals surface area contributed by atoms with Gasteiger partial charge in [-0.25, -0.2) is 4.79 Å². The van der Waals surface area contributed by atoms with Gasteiger partial charge in [-0.15, -0.1) is 0 Å². The molecule has 5 heteroatoms. The third-order valence-electron chi connectivity index (χ3n) is 7.24. The van der Waals surface area contributed by atoms with E-state index in [0.29, 0.717) is 15.6 Å². The quantitative estimate of drug-likeness (QED) is 0.297. The first kappa shape index (κ1) is 23.9. The van der Waals surface area contributed by atoms with Gasteiger partial charge in [0, 0.05) is 28.7 Å². The number of nitrogens with zero attached hydrogens (tertiary/aromatic N) is 1. The Labute approximate surface area is 215 Å². The topological polar surface area (TPSA) is 40.5 Å². The summed E-state index contributed by atoms with van der Waals surface area (Å²) in [5.74, 6) is -0.627. The Morgan fingerprint density at radius 3 is 2.23 bits per heavy atom. The maximum atomic E-state index is 11.3. The van der Waals surface area contributed by atoms with E-state index in [1.807, 2.05) is 24.3 Å². The lowest BCUT2D eigenvalue weighted by atomic mass is 9.92. The van der Waals surface area contributed by atoms with Crippen molar-refractivity contribution >= 4 is 39.9 Å². The molecule has 178 valence electrons. The van der Waals surface area contributed by atoms with Gasteiger partial charge in [0.15, 0.2) is 0 Å². The molecule has 1 heterocycles. The Morgan fingerprint density at radius 1 is 0.886 bits per heavy atom. The van der Waals surface area contributed by atoms with E-state index in [9.17, 15) is 9.90 Å². The summed E-state index contributed by atoms with van der Waals surface area (Å²) < 4.78 is 0. The fraction of sp³-hybridized carbons (Fsp3) is 0.233. The van der Waals surface area contributed by atoms with E-state index in [2.05, 4.69) is 55.1 Å². The van der Waals surface area contributed by atoms with E-state index in [1.54, 1.807) is 18.2 Å². The number of carboxylic acids is 1. The molecule has 1 fully saturated rings. The van der Waals surface area contributed by atoms with Crippen molar-refractivity contribution in [3.63, 3.8) is 0 Å². The molecular weight excluding hydrogens is 477 g/mol. The minimum atomic E-state index is -0.910. The summed E-state index contributed by atoms with van der Waals surface area (Å²) in [7, 11) is 0. The van der Waals surface area contributed by atoms with Gasteiger partial charge >= 0.3 is 5.97 Å². The van der Waals surface area contributed by atoms with Crippen LogP contribution in [0.5, 0.6) is 0 Å². The Balaban J connectivity index is 1.53. The first-order valence-electron chi connectivity index (χ1n) is 11.8. The smallest absolute Gasteiger partial charge is 0.335 e. The number of halogens is 2. The maximum absolute atomic E-state index is 11.3. The van der Waals surface area contributed by atoms with Gasteiger partial charge in [0.05, 0.1) is 5.56 Å². The molecule has 0 amide bonds. The van der Waals surface area contributed by atoms with Gasteiger partial charge in [-0.05, 0) is 90.0 Å². The van der Waals surface area contributed by atoms with Crippen LogP contribution in [0.3, 0.4) is 0 Å². The second-order valence-corrected chi connectivity index (χ2v) is 10.4. The Hall–Kier alpha value is -2.85. The van der Waals surface area contributed by atoms with Crippen molar-refractivity contribution in [3.8, 4) is 0 Å². The standard InChI is InChI=1S/C30H27Cl2NO2/c1-18-3-4-23-12-24(10-9-22(23)11-18)29-15-26(25-13-27(31)16-28(32)14-25)17-33(29)19(2)20-5-7-21(8-6-20)30(34)35/h3-14,16,19,26,29H,15,17H2,1-2H3,(H,34,35)/t19?,26-,29-/m1/s1. The van der Waals surface area contributed by atoms with Gasteiger partial charge in [-0.2, -0.15) is 0 Å². The molecule has 0 aliphatic carbocycles. The fourth-order valence-electron chi connectivity index (χ4n) is 5.36.